The van der Waals surface area contributed by atoms with Crippen LogP contribution in [0.4, 0.5) is 22.0 Å². The van der Waals surface area contributed by atoms with Gasteiger partial charge in [-0.2, -0.15) is 32.4 Å². The summed E-state index contributed by atoms with van der Waals surface area (Å²) in [6.45, 7) is 12.5. The molecule has 0 aliphatic carbocycles. The van der Waals surface area contributed by atoms with E-state index in [1.807, 2.05) is 36.4 Å². The number of benzene rings is 5. The molecular formula is C38H36Au2ClF5O4P2S-4. The van der Waals surface area contributed by atoms with Gasteiger partial charge in [-0.05, 0) is 48.6 Å². The summed E-state index contributed by atoms with van der Waals surface area (Å²) in [5.41, 5.74) is 0. The SMILES string of the molecule is C1CCSC1.Fc1[c-]c(F)c(F)c(F)c1F.[Au].[Au].[CH2-]P([CH2-])(O[Cl+3]([O-])([O-])[O-])(c1ccccc1)c1ccccc1.[CH2-][P+]([CH2-])(c1ccccc1)c1ccccc1. The molecule has 1 fully saturated rings. The molecule has 0 unspecified atom stereocenters. The van der Waals surface area contributed by atoms with Gasteiger partial charge in [-0.15, -0.1) is 6.07 Å². The molecule has 2 radical (unpaired) electrons. The van der Waals surface area contributed by atoms with Gasteiger partial charge in [0, 0.05) is 55.4 Å². The quantitative estimate of drug-likeness (QED) is 0.0483. The van der Waals surface area contributed by atoms with E-state index in [0.717, 1.165) is 6.07 Å². The van der Waals surface area contributed by atoms with Gasteiger partial charge in [0.2, 0.25) is 0 Å². The maximum absolute atomic E-state index is 12.0. The number of hydrogen-bond acceptors (Lipinski definition) is 5. The van der Waals surface area contributed by atoms with Gasteiger partial charge in [-0.1, -0.05) is 36.4 Å². The molecule has 296 valence electrons. The molecule has 15 heteroatoms. The van der Waals surface area contributed by atoms with E-state index < -0.39 is 53.4 Å². The Hall–Kier alpha value is -1.43. The van der Waals surface area contributed by atoms with Crippen molar-refractivity contribution in [2.24, 2.45) is 0 Å². The van der Waals surface area contributed by atoms with E-state index in [2.05, 4.69) is 62.7 Å². The van der Waals surface area contributed by atoms with Crippen LogP contribution in [0.15, 0.2) is 121 Å². The van der Waals surface area contributed by atoms with Gasteiger partial charge in [0.25, 0.3) is 0 Å². The Kier molecular flexibility index (Phi) is 20.9. The first-order valence-corrected chi connectivity index (χ1v) is 22.2. The molecule has 0 N–H and O–H groups in total. The van der Waals surface area contributed by atoms with Crippen molar-refractivity contribution >= 4 is 47.1 Å². The fraction of sp³-hybridized carbons (Fsp3) is 0.105. The molecular weight excluding hydrogens is 1140 g/mol. The Morgan fingerprint density at radius 2 is 0.906 bits per heavy atom. The average Bonchev–Trinajstić information content (AvgIpc) is 3.72. The number of rotatable bonds is 6. The minimum absolute atomic E-state index is 0. The van der Waals surface area contributed by atoms with Crippen molar-refractivity contribution in [3.05, 3.63) is 183 Å². The van der Waals surface area contributed by atoms with Crippen LogP contribution in [0.2, 0.25) is 0 Å². The van der Waals surface area contributed by atoms with Crippen LogP contribution in [-0.4, -0.2) is 11.5 Å². The smallest absolute Gasteiger partial charge is 0.0408 e. The third-order valence-electron chi connectivity index (χ3n) is 7.28. The Bertz CT molecular complexity index is 1690. The summed E-state index contributed by atoms with van der Waals surface area (Å²) in [7, 11) is -6.30. The van der Waals surface area contributed by atoms with E-state index in [1.165, 1.54) is 35.0 Å². The fourth-order valence-electron chi connectivity index (χ4n) is 4.56. The van der Waals surface area contributed by atoms with E-state index in [1.54, 1.807) is 60.7 Å². The molecule has 0 amide bonds. The van der Waals surface area contributed by atoms with Gasteiger partial charge >= 0.3 is 120 Å². The van der Waals surface area contributed by atoms with Crippen LogP contribution in [0, 0.1) is 72.1 Å². The molecule has 0 aromatic heterocycles. The average molecular weight is 1180 g/mol. The standard InChI is InChI=1S/C14H14ClO4P.C14H14P.C6F5.C4H8S.2Au/c1-20(2,19-15(16,17)18,13-9-5-3-6-10-13)14-11-7-4-8-12-14;1-15(2,13-9-5-3-6-10-13)14-11-7-4-8-12-14;7-2-1-3(8)5(10)6(11)4(2)9;1-2-4-5-3-1;;/h3-12H,1-2H2;3-12H,1-2H2;;1-4H2;;/q-2;2*-1;;;. The van der Waals surface area contributed by atoms with Crippen molar-refractivity contribution in [1.82, 2.24) is 0 Å². The molecule has 1 aliphatic heterocycles. The predicted molar refractivity (Wildman–Crippen MR) is 192 cm³/mol. The summed E-state index contributed by atoms with van der Waals surface area (Å²) in [5.74, 6) is -7.21. The number of halogens is 6. The summed E-state index contributed by atoms with van der Waals surface area (Å²) in [5, 5.41) is 3.46. The molecule has 4 nitrogen and oxygen atoms in total. The van der Waals surface area contributed by atoms with Gasteiger partial charge in [0.15, 0.2) is 0 Å². The van der Waals surface area contributed by atoms with E-state index in [-0.39, 0.29) is 44.8 Å². The summed E-state index contributed by atoms with van der Waals surface area (Å²) < 4.78 is 98.2. The summed E-state index contributed by atoms with van der Waals surface area (Å²) >= 11 is 2.07. The van der Waals surface area contributed by atoms with Crippen LogP contribution in [0.3, 0.4) is 0 Å². The molecule has 1 aliphatic rings. The van der Waals surface area contributed by atoms with Gasteiger partial charge in [-0.25, -0.2) is 13.2 Å². The van der Waals surface area contributed by atoms with Crippen LogP contribution in [0.5, 0.6) is 0 Å². The maximum Gasteiger partial charge on any atom is 0.0408 e. The maximum atomic E-state index is 12.0. The summed E-state index contributed by atoms with van der Waals surface area (Å²) in [6.07, 6.45) is 2.93. The van der Waals surface area contributed by atoms with Gasteiger partial charge in [0.1, 0.15) is 0 Å². The van der Waals surface area contributed by atoms with Crippen molar-refractivity contribution in [2.75, 3.05) is 11.5 Å². The van der Waals surface area contributed by atoms with Gasteiger partial charge in [-0.3, -0.25) is 8.78 Å². The largest absolute Gasteiger partial charge is 0.199 e. The van der Waals surface area contributed by atoms with E-state index in [4.69, 9.17) is 4.08 Å². The van der Waals surface area contributed by atoms with E-state index in [9.17, 15) is 35.9 Å². The summed E-state index contributed by atoms with van der Waals surface area (Å²) in [4.78, 5) is 0. The second-order valence-electron chi connectivity index (χ2n) is 11.2. The van der Waals surface area contributed by atoms with Crippen LogP contribution < -0.4 is 35.2 Å². The molecule has 0 spiro atoms. The Balaban J connectivity index is 0.000000377. The second kappa shape index (κ2) is 22.3. The Morgan fingerprint density at radius 3 is 1.19 bits per heavy atom. The molecule has 53 heavy (non-hydrogen) atoms. The topological polar surface area (TPSA) is 78.4 Å². The predicted octanol–water partition coefficient (Wildman–Crippen LogP) is 6.53. The zero-order chi connectivity index (χ0) is 37.7. The molecule has 0 bridgehead atoms. The second-order valence-corrected chi connectivity index (χ2v) is 20.5. The third kappa shape index (κ3) is 14.5. The van der Waals surface area contributed by atoms with Crippen LogP contribution >= 0.6 is 25.9 Å². The van der Waals surface area contributed by atoms with Crippen molar-refractivity contribution in [3.63, 3.8) is 0 Å². The molecule has 5 aromatic carbocycles. The summed E-state index contributed by atoms with van der Waals surface area (Å²) in [6, 6.07) is 38.7. The Labute approximate surface area is 347 Å². The molecule has 1 heterocycles. The van der Waals surface area contributed by atoms with Gasteiger partial charge < -0.3 is 0 Å². The van der Waals surface area contributed by atoms with Crippen molar-refractivity contribution in [2.45, 2.75) is 12.8 Å². The molecule has 0 saturated carbocycles. The first-order valence-electron chi connectivity index (χ1n) is 15.1. The number of thioether (sulfide) groups is 1. The first kappa shape index (κ1) is 49.6. The van der Waals surface area contributed by atoms with Gasteiger partial charge in [0.05, 0.1) is 29.1 Å². The van der Waals surface area contributed by atoms with Crippen molar-refractivity contribution in [1.29, 1.82) is 0 Å². The molecule has 1 saturated heterocycles. The van der Waals surface area contributed by atoms with Crippen molar-refractivity contribution in [3.8, 4) is 0 Å². The Morgan fingerprint density at radius 1 is 0.585 bits per heavy atom. The minimum Gasteiger partial charge on any atom is -0.199 e. The minimum atomic E-state index is -4.66. The molecule has 6 rings (SSSR count). The van der Waals surface area contributed by atoms with Crippen LogP contribution in [-0.2, 0) is 48.8 Å². The zero-order valence-electron chi connectivity index (χ0n) is 28.0. The molecule has 0 atom stereocenters. The van der Waals surface area contributed by atoms with Crippen LogP contribution in [0.25, 0.3) is 0 Å². The van der Waals surface area contributed by atoms with E-state index in [0.29, 0.717) is 10.6 Å². The fourth-order valence-corrected chi connectivity index (χ4v) is 11.7. The molecule has 5 aromatic rings. The third-order valence-corrected chi connectivity index (χ3v) is 16.0. The normalized spacial score (nSPS) is 13.1. The zero-order valence-corrected chi connectivity index (χ0v) is 35.7. The van der Waals surface area contributed by atoms with Crippen LogP contribution in [0.1, 0.15) is 12.8 Å². The first-order chi connectivity index (χ1) is 24.0. The van der Waals surface area contributed by atoms with E-state index >= 15 is 0 Å². The monoisotopic (exact) mass is 1170 g/mol. The number of hydrogen-bond donors (Lipinski definition) is 0. The van der Waals surface area contributed by atoms with Crippen molar-refractivity contribution < 1.29 is 95.0 Å².